The van der Waals surface area contributed by atoms with Crippen molar-refractivity contribution in [2.24, 2.45) is 0 Å². The number of unbranched alkanes of at least 4 members (excludes halogenated alkanes) is 1. The molecule has 0 atom stereocenters. The first kappa shape index (κ1) is 11.7. The monoisotopic (exact) mass is 180 g/mol. The molecular formula is C10H16N2O. The van der Waals surface area contributed by atoms with Gasteiger partial charge in [-0.25, -0.2) is 0 Å². The van der Waals surface area contributed by atoms with E-state index in [1.165, 1.54) is 6.08 Å². The number of rotatable bonds is 6. The molecule has 0 aliphatic carbocycles. The summed E-state index contributed by atoms with van der Waals surface area (Å²) in [6.45, 7) is 1.35. The second kappa shape index (κ2) is 8.82. The van der Waals surface area contributed by atoms with E-state index in [1.54, 1.807) is 6.08 Å². The normalized spacial score (nSPS) is 9.85. The Labute approximate surface area is 79.6 Å². The minimum absolute atomic E-state index is 0.0627. The molecule has 0 heterocycles. The lowest BCUT2D eigenvalue weighted by Crippen LogP contribution is -2.22. The maximum Gasteiger partial charge on any atom is 0.243 e. The van der Waals surface area contributed by atoms with Gasteiger partial charge < -0.3 is 10.6 Å². The van der Waals surface area contributed by atoms with Gasteiger partial charge in [0, 0.05) is 25.6 Å². The van der Waals surface area contributed by atoms with E-state index >= 15 is 0 Å². The Morgan fingerprint density at radius 3 is 3.00 bits per heavy atom. The molecule has 0 aromatic rings. The van der Waals surface area contributed by atoms with Gasteiger partial charge in [-0.3, -0.25) is 4.79 Å². The van der Waals surface area contributed by atoms with E-state index in [1.807, 2.05) is 7.05 Å². The van der Waals surface area contributed by atoms with Gasteiger partial charge in [0.1, 0.15) is 0 Å². The topological polar surface area (TPSA) is 41.1 Å². The smallest absolute Gasteiger partial charge is 0.243 e. The first-order valence-electron chi connectivity index (χ1n) is 4.33. The minimum atomic E-state index is -0.0627. The van der Waals surface area contributed by atoms with Gasteiger partial charge in [-0.15, -0.1) is 12.3 Å². The van der Waals surface area contributed by atoms with Crippen molar-refractivity contribution in [2.75, 3.05) is 20.1 Å². The highest BCUT2D eigenvalue weighted by atomic mass is 16.1. The number of likely N-dealkylation sites (N-methyl/N-ethyl adjacent to an activating group) is 1. The lowest BCUT2D eigenvalue weighted by Gasteiger charge is -1.98. The fraction of sp³-hybridized carbons (Fsp3) is 0.500. The average molecular weight is 180 g/mol. The first-order valence-corrected chi connectivity index (χ1v) is 4.33. The maximum atomic E-state index is 11.0. The molecule has 3 heteroatoms. The average Bonchev–Trinajstić information content (AvgIpc) is 2.13. The Morgan fingerprint density at radius 2 is 2.38 bits per heavy atom. The second-order valence-electron chi connectivity index (χ2n) is 2.56. The van der Waals surface area contributed by atoms with Gasteiger partial charge in [0.05, 0.1) is 0 Å². The van der Waals surface area contributed by atoms with Gasteiger partial charge in [0.15, 0.2) is 0 Å². The summed E-state index contributed by atoms with van der Waals surface area (Å²) in [5.74, 6) is 2.45. The van der Waals surface area contributed by atoms with Crippen molar-refractivity contribution in [1.82, 2.24) is 10.6 Å². The van der Waals surface area contributed by atoms with Crippen LogP contribution in [0.4, 0.5) is 0 Å². The highest BCUT2D eigenvalue weighted by Gasteiger charge is 1.91. The summed E-state index contributed by atoms with van der Waals surface area (Å²) < 4.78 is 0. The summed E-state index contributed by atoms with van der Waals surface area (Å²) in [6, 6.07) is 0. The minimum Gasteiger partial charge on any atom is -0.353 e. The Bertz CT molecular complexity index is 203. The van der Waals surface area contributed by atoms with Gasteiger partial charge in [0.2, 0.25) is 5.91 Å². The molecule has 0 aromatic carbocycles. The third-order valence-corrected chi connectivity index (χ3v) is 1.39. The molecule has 2 N–H and O–H groups in total. The zero-order valence-electron chi connectivity index (χ0n) is 7.97. The Balaban J connectivity index is 3.36. The zero-order valence-corrected chi connectivity index (χ0v) is 7.97. The molecule has 3 nitrogen and oxygen atoms in total. The van der Waals surface area contributed by atoms with Crippen LogP contribution in [-0.2, 0) is 4.79 Å². The number of carbonyl (C=O) groups excluding carboxylic acids is 1. The molecule has 0 aliphatic rings. The van der Waals surface area contributed by atoms with Crippen LogP contribution in [0.2, 0.25) is 0 Å². The van der Waals surface area contributed by atoms with Crippen LogP contribution in [0.5, 0.6) is 0 Å². The number of hydrogen-bond donors (Lipinski definition) is 2. The molecule has 0 radical (unpaired) electrons. The zero-order chi connectivity index (χ0) is 9.94. The molecule has 0 aromatic heterocycles. The molecule has 1 amide bonds. The van der Waals surface area contributed by atoms with Crippen LogP contribution >= 0.6 is 0 Å². The van der Waals surface area contributed by atoms with Gasteiger partial charge in [-0.2, -0.15) is 0 Å². The van der Waals surface area contributed by atoms with Crippen LogP contribution in [-0.4, -0.2) is 26.0 Å². The Morgan fingerprint density at radius 1 is 1.62 bits per heavy atom. The van der Waals surface area contributed by atoms with Crippen molar-refractivity contribution in [3.8, 4) is 12.3 Å². The number of hydrogen-bond acceptors (Lipinski definition) is 2. The molecule has 0 bridgehead atoms. The van der Waals surface area contributed by atoms with Crippen LogP contribution in [0.1, 0.15) is 12.8 Å². The van der Waals surface area contributed by atoms with Crippen LogP contribution in [0.15, 0.2) is 12.2 Å². The molecule has 13 heavy (non-hydrogen) atoms. The highest BCUT2D eigenvalue weighted by molar-refractivity contribution is 5.87. The van der Waals surface area contributed by atoms with E-state index < -0.39 is 0 Å². The number of nitrogens with one attached hydrogen (secondary N) is 2. The Kier molecular flexibility index (Phi) is 7.96. The van der Waals surface area contributed by atoms with E-state index in [4.69, 9.17) is 6.42 Å². The predicted molar refractivity (Wildman–Crippen MR) is 54.1 cm³/mol. The number of terminal acetylenes is 1. The molecule has 0 spiro atoms. The van der Waals surface area contributed by atoms with Crippen LogP contribution < -0.4 is 10.6 Å². The molecule has 72 valence electrons. The van der Waals surface area contributed by atoms with Crippen molar-refractivity contribution in [2.45, 2.75) is 12.8 Å². The largest absolute Gasteiger partial charge is 0.353 e. The van der Waals surface area contributed by atoms with Gasteiger partial charge in [0.25, 0.3) is 0 Å². The lowest BCUT2D eigenvalue weighted by molar-refractivity contribution is -0.116. The van der Waals surface area contributed by atoms with E-state index in [2.05, 4.69) is 16.6 Å². The lowest BCUT2D eigenvalue weighted by atomic mass is 10.3. The fourth-order valence-electron chi connectivity index (χ4n) is 0.745. The summed E-state index contributed by atoms with van der Waals surface area (Å²) in [6.07, 6.45) is 9.90. The van der Waals surface area contributed by atoms with Crippen LogP contribution in [0.25, 0.3) is 0 Å². The maximum absolute atomic E-state index is 11.0. The van der Waals surface area contributed by atoms with Gasteiger partial charge in [-0.1, -0.05) is 6.08 Å². The summed E-state index contributed by atoms with van der Waals surface area (Å²) in [5.41, 5.74) is 0. The fourth-order valence-corrected chi connectivity index (χ4v) is 0.745. The molecule has 0 saturated carbocycles. The van der Waals surface area contributed by atoms with Gasteiger partial charge >= 0.3 is 0 Å². The first-order chi connectivity index (χ1) is 6.31. The highest BCUT2D eigenvalue weighted by Crippen LogP contribution is 1.82. The third kappa shape index (κ3) is 8.64. The van der Waals surface area contributed by atoms with Crippen molar-refractivity contribution < 1.29 is 4.79 Å². The third-order valence-electron chi connectivity index (χ3n) is 1.39. The summed E-state index contributed by atoms with van der Waals surface area (Å²) >= 11 is 0. The summed E-state index contributed by atoms with van der Waals surface area (Å²) in [5, 5.41) is 5.63. The molecule has 0 saturated heterocycles. The summed E-state index contributed by atoms with van der Waals surface area (Å²) in [4.78, 5) is 11.0. The second-order valence-corrected chi connectivity index (χ2v) is 2.56. The standard InChI is InChI=1S/C10H16N2O/c1-3-4-5-9-12-10(13)7-6-8-11-2/h1,6-7,11H,4-5,8-9H2,2H3,(H,12,13)/b7-6+. The molecule has 0 fully saturated rings. The quantitative estimate of drug-likeness (QED) is 0.350. The molecule has 0 unspecified atom stereocenters. The van der Waals surface area contributed by atoms with Crippen LogP contribution in [0.3, 0.4) is 0 Å². The van der Waals surface area contributed by atoms with Gasteiger partial charge in [-0.05, 0) is 13.5 Å². The molecule has 0 rings (SSSR count). The summed E-state index contributed by atoms with van der Waals surface area (Å²) in [7, 11) is 1.83. The van der Waals surface area contributed by atoms with Crippen LogP contribution in [0, 0.1) is 12.3 Å². The SMILES string of the molecule is C#CCCCNC(=O)/C=C/CNC. The van der Waals surface area contributed by atoms with Crippen molar-refractivity contribution in [3.63, 3.8) is 0 Å². The predicted octanol–water partition coefficient (Wildman–Crippen LogP) is 0.292. The Hall–Kier alpha value is -1.27. The van der Waals surface area contributed by atoms with Crippen molar-refractivity contribution in [3.05, 3.63) is 12.2 Å². The van der Waals surface area contributed by atoms with Crippen molar-refractivity contribution >= 4 is 5.91 Å². The number of carbonyl (C=O) groups is 1. The van der Waals surface area contributed by atoms with Crippen molar-refractivity contribution in [1.29, 1.82) is 0 Å². The molecule has 0 aliphatic heterocycles. The number of amides is 1. The molecular weight excluding hydrogens is 164 g/mol. The van der Waals surface area contributed by atoms with E-state index in [-0.39, 0.29) is 5.91 Å². The van der Waals surface area contributed by atoms with E-state index in [0.717, 1.165) is 6.42 Å². The van der Waals surface area contributed by atoms with E-state index in [9.17, 15) is 4.79 Å². The van der Waals surface area contributed by atoms with E-state index in [0.29, 0.717) is 19.5 Å².